The zero-order chi connectivity index (χ0) is 16.1. The molecule has 0 saturated heterocycles. The van der Waals surface area contributed by atoms with Crippen LogP contribution in [0.5, 0.6) is 0 Å². The van der Waals surface area contributed by atoms with Gasteiger partial charge in [0.05, 0.1) is 0 Å². The second kappa shape index (κ2) is 21.0. The number of rotatable bonds is 16. The molecule has 0 aromatic heterocycles. The van der Waals surface area contributed by atoms with E-state index in [0.717, 1.165) is 24.8 Å². The predicted octanol–water partition coefficient (Wildman–Crippen LogP) is 6.88. The fourth-order valence-corrected chi connectivity index (χ4v) is 2.93. The van der Waals surface area contributed by atoms with Gasteiger partial charge in [-0.05, 0) is 25.7 Å². The molecule has 0 radical (unpaired) electrons. The molecule has 0 fully saturated rings. The molecule has 1 nitrogen and oxygen atoms in total. The zero-order valence-corrected chi connectivity index (χ0v) is 16.4. The number of halogens is 1. The standard InChI is InChI=1S/C20H37BrO/c1-22-20-18-16-14-12-10-8-6-4-2-3-5-7-9-11-13-15-17-19-21/h3,5-20H2,1H3. The van der Waals surface area contributed by atoms with Crippen molar-refractivity contribution in [3.05, 3.63) is 0 Å². The molecule has 0 aliphatic carbocycles. The summed E-state index contributed by atoms with van der Waals surface area (Å²) >= 11 is 3.48. The van der Waals surface area contributed by atoms with Crippen molar-refractivity contribution >= 4 is 15.9 Å². The Bertz CT molecular complexity index is 230. The maximum atomic E-state index is 5.05. The lowest BCUT2D eigenvalue weighted by molar-refractivity contribution is 0.192. The van der Waals surface area contributed by atoms with Crippen LogP contribution in [0.15, 0.2) is 0 Å². The molecule has 0 aromatic carbocycles. The summed E-state index contributed by atoms with van der Waals surface area (Å²) in [6.45, 7) is 0.919. The Hall–Kier alpha value is 0. The van der Waals surface area contributed by atoms with Gasteiger partial charge < -0.3 is 4.74 Å². The lowest BCUT2D eigenvalue weighted by Crippen LogP contribution is -1.88. The lowest BCUT2D eigenvalue weighted by atomic mass is 10.1. The van der Waals surface area contributed by atoms with Crippen LogP contribution in [0, 0.1) is 11.8 Å². The fraction of sp³-hybridized carbons (Fsp3) is 0.900. The molecule has 0 N–H and O–H groups in total. The fourth-order valence-electron chi connectivity index (χ4n) is 2.54. The Balaban J connectivity index is 3.07. The maximum Gasteiger partial charge on any atom is 0.0462 e. The van der Waals surface area contributed by atoms with Gasteiger partial charge in [-0.3, -0.25) is 0 Å². The van der Waals surface area contributed by atoms with Crippen molar-refractivity contribution in [2.75, 3.05) is 19.0 Å². The Morgan fingerprint density at radius 2 is 1.00 bits per heavy atom. The van der Waals surface area contributed by atoms with Crippen LogP contribution in [-0.2, 0) is 4.74 Å². The van der Waals surface area contributed by atoms with Gasteiger partial charge in [0.2, 0.25) is 0 Å². The molecule has 130 valence electrons. The van der Waals surface area contributed by atoms with Gasteiger partial charge in [-0.15, -0.1) is 11.8 Å². The third-order valence-corrected chi connectivity index (χ3v) is 4.52. The third kappa shape index (κ3) is 20.0. The van der Waals surface area contributed by atoms with Crippen LogP contribution in [0.2, 0.25) is 0 Å². The molecule has 0 aliphatic heterocycles. The molecule has 0 aromatic rings. The van der Waals surface area contributed by atoms with Crippen molar-refractivity contribution in [1.29, 1.82) is 0 Å². The van der Waals surface area contributed by atoms with Crippen molar-refractivity contribution < 1.29 is 4.74 Å². The van der Waals surface area contributed by atoms with Crippen molar-refractivity contribution in [2.45, 2.75) is 96.3 Å². The monoisotopic (exact) mass is 372 g/mol. The highest BCUT2D eigenvalue weighted by atomic mass is 79.9. The number of unbranched alkanes of at least 4 members (excludes halogenated alkanes) is 13. The summed E-state index contributed by atoms with van der Waals surface area (Å²) in [6, 6.07) is 0. The van der Waals surface area contributed by atoms with Crippen LogP contribution in [0.4, 0.5) is 0 Å². The molecule has 0 heterocycles. The van der Waals surface area contributed by atoms with Crippen molar-refractivity contribution in [3.8, 4) is 11.8 Å². The topological polar surface area (TPSA) is 9.23 Å². The summed E-state index contributed by atoms with van der Waals surface area (Å²) in [5.74, 6) is 6.68. The molecular formula is C20H37BrO. The van der Waals surface area contributed by atoms with E-state index in [1.807, 2.05) is 0 Å². The molecule has 0 saturated carbocycles. The third-order valence-electron chi connectivity index (χ3n) is 3.96. The number of methoxy groups -OCH3 is 1. The first-order chi connectivity index (χ1) is 10.9. The highest BCUT2D eigenvalue weighted by molar-refractivity contribution is 9.09. The average Bonchev–Trinajstić information content (AvgIpc) is 2.54. The van der Waals surface area contributed by atoms with Crippen LogP contribution in [-0.4, -0.2) is 19.0 Å². The van der Waals surface area contributed by atoms with Gasteiger partial charge in [-0.25, -0.2) is 0 Å². The predicted molar refractivity (Wildman–Crippen MR) is 103 cm³/mol. The Kier molecular flexibility index (Phi) is 21.0. The smallest absolute Gasteiger partial charge is 0.0462 e. The summed E-state index contributed by atoms with van der Waals surface area (Å²) in [7, 11) is 1.78. The summed E-state index contributed by atoms with van der Waals surface area (Å²) in [5, 5.41) is 1.16. The van der Waals surface area contributed by atoms with E-state index in [4.69, 9.17) is 4.74 Å². The van der Waals surface area contributed by atoms with E-state index in [1.54, 1.807) is 7.11 Å². The summed E-state index contributed by atoms with van der Waals surface area (Å²) in [4.78, 5) is 0. The Morgan fingerprint density at radius 1 is 0.591 bits per heavy atom. The van der Waals surface area contributed by atoms with E-state index in [2.05, 4.69) is 27.8 Å². The van der Waals surface area contributed by atoms with Crippen LogP contribution < -0.4 is 0 Å². The van der Waals surface area contributed by atoms with Gasteiger partial charge in [0.1, 0.15) is 0 Å². The first kappa shape index (κ1) is 22.0. The lowest BCUT2D eigenvalue weighted by Gasteiger charge is -1.99. The SMILES string of the molecule is COCCCCCCCCC#CCCCCCCCCCBr. The van der Waals surface area contributed by atoms with Gasteiger partial charge in [0.25, 0.3) is 0 Å². The molecule has 0 spiro atoms. The molecule has 0 aliphatic rings. The molecule has 0 bridgehead atoms. The molecule has 22 heavy (non-hydrogen) atoms. The second-order valence-corrected chi connectivity index (χ2v) is 6.92. The molecule has 0 rings (SSSR count). The van der Waals surface area contributed by atoms with Gasteiger partial charge in [0, 0.05) is 31.9 Å². The largest absolute Gasteiger partial charge is 0.385 e. The van der Waals surface area contributed by atoms with E-state index in [0.29, 0.717) is 0 Å². The molecular weight excluding hydrogens is 336 g/mol. The average molecular weight is 373 g/mol. The highest BCUT2D eigenvalue weighted by Gasteiger charge is 1.91. The van der Waals surface area contributed by atoms with Crippen LogP contribution in [0.3, 0.4) is 0 Å². The second-order valence-electron chi connectivity index (χ2n) is 6.13. The minimum absolute atomic E-state index is 0.919. The molecule has 0 atom stereocenters. The van der Waals surface area contributed by atoms with Crippen molar-refractivity contribution in [1.82, 2.24) is 0 Å². The molecule has 2 heteroatoms. The van der Waals surface area contributed by atoms with E-state index in [1.165, 1.54) is 83.5 Å². The zero-order valence-electron chi connectivity index (χ0n) is 14.8. The Labute approximate surface area is 148 Å². The van der Waals surface area contributed by atoms with Gasteiger partial charge in [-0.1, -0.05) is 73.7 Å². The van der Waals surface area contributed by atoms with Crippen molar-refractivity contribution in [2.24, 2.45) is 0 Å². The minimum Gasteiger partial charge on any atom is -0.385 e. The van der Waals surface area contributed by atoms with Gasteiger partial charge in [-0.2, -0.15) is 0 Å². The maximum absolute atomic E-state index is 5.05. The first-order valence-electron chi connectivity index (χ1n) is 9.42. The van der Waals surface area contributed by atoms with Crippen LogP contribution >= 0.6 is 15.9 Å². The summed E-state index contributed by atoms with van der Waals surface area (Å²) in [5.41, 5.74) is 0. The normalized spacial score (nSPS) is 10.5. The molecule has 0 unspecified atom stereocenters. The van der Waals surface area contributed by atoms with Gasteiger partial charge >= 0.3 is 0 Å². The summed E-state index contributed by atoms with van der Waals surface area (Å²) < 4.78 is 5.05. The first-order valence-corrected chi connectivity index (χ1v) is 10.5. The van der Waals surface area contributed by atoms with Gasteiger partial charge in [0.15, 0.2) is 0 Å². The quantitative estimate of drug-likeness (QED) is 0.163. The summed E-state index contributed by atoms with van der Waals surface area (Å²) in [6.07, 6.45) is 19.7. The van der Waals surface area contributed by atoms with E-state index in [9.17, 15) is 0 Å². The molecule has 0 amide bonds. The minimum atomic E-state index is 0.919. The number of hydrogen-bond acceptors (Lipinski definition) is 1. The Morgan fingerprint density at radius 3 is 1.45 bits per heavy atom. The van der Waals surface area contributed by atoms with E-state index >= 15 is 0 Å². The van der Waals surface area contributed by atoms with Crippen LogP contribution in [0.1, 0.15) is 96.3 Å². The number of ether oxygens (including phenoxy) is 1. The highest BCUT2D eigenvalue weighted by Crippen LogP contribution is 2.09. The van der Waals surface area contributed by atoms with Crippen molar-refractivity contribution in [3.63, 3.8) is 0 Å². The van der Waals surface area contributed by atoms with Crippen LogP contribution in [0.25, 0.3) is 0 Å². The number of hydrogen-bond donors (Lipinski definition) is 0. The number of alkyl halides is 1. The van der Waals surface area contributed by atoms with E-state index in [-0.39, 0.29) is 0 Å². The van der Waals surface area contributed by atoms with E-state index < -0.39 is 0 Å².